The molecule has 0 aliphatic heterocycles. The average Bonchev–Trinajstić information content (AvgIpc) is 2.53. The lowest BCUT2D eigenvalue weighted by Crippen LogP contribution is -2.25. The van der Waals surface area contributed by atoms with Crippen LogP contribution in [0.2, 0.25) is 0 Å². The van der Waals surface area contributed by atoms with Crippen molar-refractivity contribution in [1.29, 1.82) is 0 Å². The Morgan fingerprint density at radius 3 is 2.16 bits per heavy atom. The molecule has 1 N–H and O–H groups in total. The van der Waals surface area contributed by atoms with Gasteiger partial charge in [-0.1, -0.05) is 30.3 Å². The highest BCUT2D eigenvalue weighted by molar-refractivity contribution is 6.10. The lowest BCUT2D eigenvalue weighted by atomic mass is 9.94. The van der Waals surface area contributed by atoms with Gasteiger partial charge in [-0.2, -0.15) is 0 Å². The van der Waals surface area contributed by atoms with Gasteiger partial charge in [-0.15, -0.1) is 0 Å². The maximum atomic E-state index is 12.7. The number of rotatable bonds is 5. The van der Waals surface area contributed by atoms with Gasteiger partial charge in [0.1, 0.15) is 5.60 Å². The van der Waals surface area contributed by atoms with Crippen molar-refractivity contribution in [2.24, 2.45) is 0 Å². The van der Waals surface area contributed by atoms with E-state index in [1.807, 2.05) is 0 Å². The molecule has 2 aromatic rings. The molecule has 0 amide bonds. The fourth-order valence-electron chi connectivity index (χ4n) is 2.37. The predicted octanol–water partition coefficient (Wildman–Crippen LogP) is 3.50. The number of carboxylic acids is 1. The van der Waals surface area contributed by atoms with Gasteiger partial charge in [0.2, 0.25) is 0 Å². The Hall–Kier alpha value is -2.95. The first-order chi connectivity index (χ1) is 11.7. The second kappa shape index (κ2) is 7.30. The quantitative estimate of drug-likeness (QED) is 0.665. The minimum Gasteiger partial charge on any atom is -0.478 e. The number of benzene rings is 2. The summed E-state index contributed by atoms with van der Waals surface area (Å²) in [5, 5.41) is 9.18. The van der Waals surface area contributed by atoms with Crippen molar-refractivity contribution < 1.29 is 24.2 Å². The molecule has 0 bridgehead atoms. The van der Waals surface area contributed by atoms with E-state index in [1.54, 1.807) is 51.1 Å². The van der Waals surface area contributed by atoms with Crippen LogP contribution >= 0.6 is 0 Å². The molecule has 0 fully saturated rings. The van der Waals surface area contributed by atoms with Crippen LogP contribution in [0, 0.1) is 0 Å². The normalized spacial score (nSPS) is 11.0. The van der Waals surface area contributed by atoms with Crippen molar-refractivity contribution >= 4 is 17.7 Å². The van der Waals surface area contributed by atoms with Crippen LogP contribution in [0.1, 0.15) is 52.6 Å². The van der Waals surface area contributed by atoms with E-state index in [0.29, 0.717) is 16.7 Å². The van der Waals surface area contributed by atoms with Crippen LogP contribution in [-0.2, 0) is 16.0 Å². The highest BCUT2D eigenvalue weighted by Gasteiger charge is 2.21. The van der Waals surface area contributed by atoms with Crippen LogP contribution in [0.4, 0.5) is 0 Å². The summed E-state index contributed by atoms with van der Waals surface area (Å²) in [5.74, 6) is -1.91. The summed E-state index contributed by atoms with van der Waals surface area (Å²) >= 11 is 0. The zero-order valence-corrected chi connectivity index (χ0v) is 14.4. The molecule has 0 saturated heterocycles. The Morgan fingerprint density at radius 2 is 1.60 bits per heavy atom. The highest BCUT2D eigenvalue weighted by Crippen LogP contribution is 2.19. The number of hydrogen-bond donors (Lipinski definition) is 1. The molecule has 0 aliphatic rings. The molecule has 0 atom stereocenters. The van der Waals surface area contributed by atoms with Crippen LogP contribution in [0.3, 0.4) is 0 Å². The van der Waals surface area contributed by atoms with E-state index >= 15 is 0 Å². The third-order valence-electron chi connectivity index (χ3n) is 3.39. The molecule has 5 heteroatoms. The number of carboxylic acid groups (broad SMARTS) is 1. The molecule has 0 aliphatic carbocycles. The van der Waals surface area contributed by atoms with Crippen molar-refractivity contribution in [3.05, 3.63) is 70.8 Å². The molecule has 0 aromatic heterocycles. The van der Waals surface area contributed by atoms with Crippen molar-refractivity contribution in [3.8, 4) is 0 Å². The van der Waals surface area contributed by atoms with E-state index in [-0.39, 0.29) is 17.8 Å². The van der Waals surface area contributed by atoms with Crippen molar-refractivity contribution in [1.82, 2.24) is 0 Å². The topological polar surface area (TPSA) is 80.7 Å². The molecule has 2 aromatic carbocycles. The number of esters is 1. The molecule has 0 spiro atoms. The summed E-state index contributed by atoms with van der Waals surface area (Å²) < 4.78 is 5.28. The number of ether oxygens (including phenoxy) is 1. The van der Waals surface area contributed by atoms with E-state index in [1.165, 1.54) is 18.2 Å². The van der Waals surface area contributed by atoms with Crippen molar-refractivity contribution in [3.63, 3.8) is 0 Å². The molecule has 2 rings (SSSR count). The van der Waals surface area contributed by atoms with Crippen LogP contribution in [0.5, 0.6) is 0 Å². The smallest absolute Gasteiger partial charge is 0.335 e. The molecular formula is C20H20O5. The van der Waals surface area contributed by atoms with Crippen molar-refractivity contribution in [2.75, 3.05) is 0 Å². The van der Waals surface area contributed by atoms with E-state index < -0.39 is 17.5 Å². The first kappa shape index (κ1) is 18.4. The Kier molecular flexibility index (Phi) is 5.37. The van der Waals surface area contributed by atoms with E-state index in [0.717, 1.165) is 0 Å². The predicted molar refractivity (Wildman–Crippen MR) is 92.8 cm³/mol. The maximum Gasteiger partial charge on any atom is 0.335 e. The van der Waals surface area contributed by atoms with Crippen LogP contribution in [-0.4, -0.2) is 28.4 Å². The summed E-state index contributed by atoms with van der Waals surface area (Å²) in [4.78, 5) is 36.1. The molecule has 0 unspecified atom stereocenters. The van der Waals surface area contributed by atoms with E-state index in [4.69, 9.17) is 4.74 Å². The fourth-order valence-corrected chi connectivity index (χ4v) is 2.37. The lowest BCUT2D eigenvalue weighted by molar-refractivity contribution is -0.153. The van der Waals surface area contributed by atoms with Crippen LogP contribution in [0.15, 0.2) is 48.5 Å². The minimum absolute atomic E-state index is 0.0168. The first-order valence-electron chi connectivity index (χ1n) is 7.85. The van der Waals surface area contributed by atoms with Gasteiger partial charge in [0.15, 0.2) is 5.78 Å². The summed E-state index contributed by atoms with van der Waals surface area (Å²) in [7, 11) is 0. The zero-order chi connectivity index (χ0) is 18.6. The monoisotopic (exact) mass is 340 g/mol. The lowest BCUT2D eigenvalue weighted by Gasteiger charge is -2.20. The first-order valence-corrected chi connectivity index (χ1v) is 7.85. The Labute approximate surface area is 146 Å². The highest BCUT2D eigenvalue weighted by atomic mass is 16.6. The number of carbonyl (C=O) groups is 3. The van der Waals surface area contributed by atoms with Gasteiger partial charge < -0.3 is 9.84 Å². The Balaban J connectivity index is 2.40. The molecule has 25 heavy (non-hydrogen) atoms. The molecular weight excluding hydrogens is 320 g/mol. The third kappa shape index (κ3) is 5.01. The minimum atomic E-state index is -1.12. The summed E-state index contributed by atoms with van der Waals surface area (Å²) in [6, 6.07) is 12.8. The summed E-state index contributed by atoms with van der Waals surface area (Å²) in [6.45, 7) is 5.23. The van der Waals surface area contributed by atoms with Gasteiger partial charge in [0.05, 0.1) is 12.0 Å². The molecule has 0 heterocycles. The molecule has 130 valence electrons. The van der Waals surface area contributed by atoms with Gasteiger partial charge in [-0.05, 0) is 44.5 Å². The molecule has 0 saturated carbocycles. The summed E-state index contributed by atoms with van der Waals surface area (Å²) in [6.07, 6.45) is -0.174. The zero-order valence-electron chi connectivity index (χ0n) is 14.4. The Morgan fingerprint density at radius 1 is 0.960 bits per heavy atom. The number of aromatic carboxylic acids is 1. The second-order valence-corrected chi connectivity index (χ2v) is 6.64. The number of carbonyl (C=O) groups excluding carboxylic acids is 2. The van der Waals surface area contributed by atoms with Gasteiger partial charge in [0.25, 0.3) is 0 Å². The maximum absolute atomic E-state index is 12.7. The van der Waals surface area contributed by atoms with E-state index in [2.05, 4.69) is 0 Å². The fraction of sp³-hybridized carbons (Fsp3) is 0.250. The largest absolute Gasteiger partial charge is 0.478 e. The molecule has 0 radical (unpaired) electrons. The second-order valence-electron chi connectivity index (χ2n) is 6.64. The average molecular weight is 340 g/mol. The number of hydrogen-bond acceptors (Lipinski definition) is 4. The van der Waals surface area contributed by atoms with Gasteiger partial charge in [0, 0.05) is 11.1 Å². The van der Waals surface area contributed by atoms with Gasteiger partial charge in [-0.25, -0.2) is 4.79 Å². The van der Waals surface area contributed by atoms with Crippen molar-refractivity contribution in [2.45, 2.75) is 32.8 Å². The molecule has 5 nitrogen and oxygen atoms in total. The SMILES string of the molecule is CC(C)(C)OC(=O)Cc1cc(C(=O)O)ccc1C(=O)c1ccccc1. The Bertz CT molecular complexity index is 801. The van der Waals surface area contributed by atoms with E-state index in [9.17, 15) is 19.5 Å². The van der Waals surface area contributed by atoms with Crippen LogP contribution in [0.25, 0.3) is 0 Å². The van der Waals surface area contributed by atoms with Gasteiger partial charge >= 0.3 is 11.9 Å². The standard InChI is InChI=1S/C20H20O5/c1-20(2,3)25-17(21)12-15-11-14(19(23)24)9-10-16(15)18(22)13-7-5-4-6-8-13/h4-11H,12H2,1-3H3,(H,23,24). The van der Waals surface area contributed by atoms with Crippen LogP contribution < -0.4 is 0 Å². The third-order valence-corrected chi connectivity index (χ3v) is 3.39. The number of ketones is 1. The summed E-state index contributed by atoms with van der Waals surface area (Å²) in [5.41, 5.74) is 0.453. The van der Waals surface area contributed by atoms with Gasteiger partial charge in [-0.3, -0.25) is 9.59 Å².